The van der Waals surface area contributed by atoms with E-state index in [1.54, 1.807) is 4.68 Å². The SMILES string of the molecule is Cc1ccc2c(c1)CN(C1CCc3ccc(C(CC(=O)O)c4ccc5c(nnn5C)c4C)cc31)C[C@@H](C)O2.O=CO. The van der Waals surface area contributed by atoms with Crippen LogP contribution in [0.25, 0.3) is 11.0 Å². The number of aliphatic carboxylic acids is 1. The Balaban J connectivity index is 0.00000108. The first-order valence-electron chi connectivity index (χ1n) is 13.9. The molecule has 2 N–H and O–H groups in total. The van der Waals surface area contributed by atoms with Crippen LogP contribution in [0.4, 0.5) is 0 Å². The van der Waals surface area contributed by atoms with Gasteiger partial charge in [-0.25, -0.2) is 4.68 Å². The van der Waals surface area contributed by atoms with Crippen LogP contribution >= 0.6 is 0 Å². The number of aryl methyl sites for hydroxylation is 4. The summed E-state index contributed by atoms with van der Waals surface area (Å²) in [7, 11) is 1.87. The summed E-state index contributed by atoms with van der Waals surface area (Å²) in [6, 6.07) is 17.4. The van der Waals surface area contributed by atoms with Crippen molar-refractivity contribution in [2.24, 2.45) is 7.05 Å². The molecule has 3 aromatic carbocycles. The van der Waals surface area contributed by atoms with Crippen LogP contribution in [0.1, 0.15) is 70.7 Å². The Morgan fingerprint density at radius 3 is 2.68 bits per heavy atom. The van der Waals surface area contributed by atoms with Crippen LogP contribution in [0.2, 0.25) is 0 Å². The van der Waals surface area contributed by atoms with Crippen LogP contribution in [0.5, 0.6) is 5.75 Å². The Kier molecular flexibility index (Phi) is 8.08. The second kappa shape index (κ2) is 11.7. The fourth-order valence-electron chi connectivity index (χ4n) is 6.46. The van der Waals surface area contributed by atoms with Crippen LogP contribution in [0.15, 0.2) is 48.5 Å². The lowest BCUT2D eigenvalue weighted by Crippen LogP contribution is -2.33. The number of rotatable bonds is 5. The molecule has 6 rings (SSSR count). The van der Waals surface area contributed by atoms with Gasteiger partial charge in [0.2, 0.25) is 0 Å². The van der Waals surface area contributed by atoms with Crippen molar-refractivity contribution in [1.29, 1.82) is 0 Å². The summed E-state index contributed by atoms with van der Waals surface area (Å²) in [6.07, 6.45) is 2.20. The number of ether oxygens (including phenoxy) is 1. The Morgan fingerprint density at radius 1 is 1.15 bits per heavy atom. The van der Waals surface area contributed by atoms with Gasteiger partial charge in [0.25, 0.3) is 6.47 Å². The van der Waals surface area contributed by atoms with E-state index in [0.29, 0.717) is 0 Å². The van der Waals surface area contributed by atoms with Gasteiger partial charge in [-0.15, -0.1) is 5.10 Å². The molecule has 3 atom stereocenters. The zero-order chi connectivity index (χ0) is 29.3. The lowest BCUT2D eigenvalue weighted by molar-refractivity contribution is -0.137. The summed E-state index contributed by atoms with van der Waals surface area (Å²) in [5.74, 6) is -0.0923. The fraction of sp³-hybridized carbons (Fsp3) is 0.375. The maximum Gasteiger partial charge on any atom is 0.304 e. The average Bonchev–Trinajstić information content (AvgIpc) is 3.48. The van der Waals surface area contributed by atoms with Crippen LogP contribution in [-0.4, -0.2) is 55.2 Å². The summed E-state index contributed by atoms with van der Waals surface area (Å²) in [5.41, 5.74) is 9.95. The second-order valence-electron chi connectivity index (χ2n) is 11.1. The van der Waals surface area contributed by atoms with E-state index in [0.717, 1.165) is 59.4 Å². The van der Waals surface area contributed by atoms with Crippen molar-refractivity contribution in [3.8, 4) is 5.75 Å². The predicted molar refractivity (Wildman–Crippen MR) is 155 cm³/mol. The molecule has 2 unspecified atom stereocenters. The third-order valence-corrected chi connectivity index (χ3v) is 8.30. The summed E-state index contributed by atoms with van der Waals surface area (Å²) in [4.78, 5) is 23.0. The number of carbonyl (C=O) groups is 2. The summed E-state index contributed by atoms with van der Waals surface area (Å²) >= 11 is 0. The number of fused-ring (bicyclic) bond motifs is 3. The van der Waals surface area contributed by atoms with E-state index in [9.17, 15) is 9.90 Å². The molecule has 0 saturated heterocycles. The van der Waals surface area contributed by atoms with E-state index in [-0.39, 0.29) is 31.0 Å². The predicted octanol–water partition coefficient (Wildman–Crippen LogP) is 5.16. The van der Waals surface area contributed by atoms with Gasteiger partial charge in [0.05, 0.1) is 11.9 Å². The Hall–Kier alpha value is -4.24. The molecule has 1 aliphatic heterocycles. The zero-order valence-corrected chi connectivity index (χ0v) is 23.9. The van der Waals surface area contributed by atoms with E-state index in [1.807, 2.05) is 26.1 Å². The minimum Gasteiger partial charge on any atom is -0.489 e. The van der Waals surface area contributed by atoms with Gasteiger partial charge in [-0.3, -0.25) is 14.5 Å². The van der Waals surface area contributed by atoms with Gasteiger partial charge >= 0.3 is 5.97 Å². The highest BCUT2D eigenvalue weighted by Gasteiger charge is 2.33. The van der Waals surface area contributed by atoms with Crippen molar-refractivity contribution in [2.45, 2.75) is 64.6 Å². The van der Waals surface area contributed by atoms with E-state index in [1.165, 1.54) is 22.3 Å². The highest BCUT2D eigenvalue weighted by atomic mass is 16.5. The third kappa shape index (κ3) is 5.67. The molecule has 2 heterocycles. The van der Waals surface area contributed by atoms with Crippen molar-refractivity contribution < 1.29 is 24.5 Å². The van der Waals surface area contributed by atoms with Crippen LogP contribution in [0.3, 0.4) is 0 Å². The minimum absolute atomic E-state index is 0.0251. The van der Waals surface area contributed by atoms with Gasteiger partial charge < -0.3 is 14.9 Å². The van der Waals surface area contributed by atoms with Crippen LogP contribution in [-0.2, 0) is 29.6 Å². The molecule has 41 heavy (non-hydrogen) atoms. The topological polar surface area (TPSA) is 118 Å². The Labute approximate surface area is 239 Å². The Bertz CT molecular complexity index is 1600. The molecule has 214 valence electrons. The van der Waals surface area contributed by atoms with Gasteiger partial charge in [-0.2, -0.15) is 0 Å². The van der Waals surface area contributed by atoms with Crippen molar-refractivity contribution in [1.82, 2.24) is 19.9 Å². The summed E-state index contributed by atoms with van der Waals surface area (Å²) < 4.78 is 8.04. The maximum atomic E-state index is 12.0. The largest absolute Gasteiger partial charge is 0.489 e. The van der Waals surface area contributed by atoms with Gasteiger partial charge in [-0.1, -0.05) is 47.2 Å². The van der Waals surface area contributed by atoms with Crippen LogP contribution in [0, 0.1) is 13.8 Å². The maximum absolute atomic E-state index is 12.0. The highest BCUT2D eigenvalue weighted by Crippen LogP contribution is 2.42. The standard InChI is InChI=1S/C31H34N4O3.CH2O2/c1-18-5-12-29-23(13-18)17-35(16-19(2)38-29)27-10-8-21-6-7-22(14-26(21)27)25(15-30(36)37)24-9-11-28-31(20(24)3)32-33-34(28)4;2-1-3/h5-7,9,11-14,19,25,27H,8,10,15-17H2,1-4H3,(H,36,37);1H,(H,2,3)/t19-,25?,27?;/m1./s1. The summed E-state index contributed by atoms with van der Waals surface area (Å²) in [6.45, 7) is 7.73. The molecule has 2 aliphatic rings. The van der Waals surface area contributed by atoms with E-state index in [4.69, 9.17) is 14.6 Å². The molecule has 0 amide bonds. The average molecular weight is 557 g/mol. The normalized spacial score (nSPS) is 18.8. The lowest BCUT2D eigenvalue weighted by Gasteiger charge is -2.30. The molecule has 4 aromatic rings. The smallest absolute Gasteiger partial charge is 0.304 e. The molecule has 9 heteroatoms. The number of carboxylic acid groups (broad SMARTS) is 2. The number of aromatic nitrogens is 3. The van der Waals surface area contributed by atoms with Crippen molar-refractivity contribution in [3.63, 3.8) is 0 Å². The van der Waals surface area contributed by atoms with Crippen molar-refractivity contribution in [2.75, 3.05) is 6.54 Å². The number of benzene rings is 3. The number of nitrogens with zero attached hydrogens (tertiary/aromatic N) is 4. The first kappa shape index (κ1) is 28.3. The molecule has 0 bridgehead atoms. The second-order valence-corrected chi connectivity index (χ2v) is 11.1. The first-order chi connectivity index (χ1) is 19.7. The number of hydrogen-bond acceptors (Lipinski definition) is 6. The van der Waals surface area contributed by atoms with Gasteiger partial charge in [0, 0.05) is 37.7 Å². The minimum atomic E-state index is -0.809. The molecule has 1 aromatic heterocycles. The van der Waals surface area contributed by atoms with Crippen molar-refractivity contribution >= 4 is 23.5 Å². The molecule has 0 spiro atoms. The Morgan fingerprint density at radius 2 is 1.93 bits per heavy atom. The lowest BCUT2D eigenvalue weighted by atomic mass is 9.84. The quantitative estimate of drug-likeness (QED) is 0.324. The molecular weight excluding hydrogens is 520 g/mol. The zero-order valence-electron chi connectivity index (χ0n) is 23.9. The van der Waals surface area contributed by atoms with E-state index >= 15 is 0 Å². The summed E-state index contributed by atoms with van der Waals surface area (Å²) in [5, 5.41) is 25.3. The van der Waals surface area contributed by atoms with Gasteiger partial charge in [0.15, 0.2) is 0 Å². The van der Waals surface area contributed by atoms with Crippen molar-refractivity contribution in [3.05, 3.63) is 87.5 Å². The molecule has 9 nitrogen and oxygen atoms in total. The van der Waals surface area contributed by atoms with Gasteiger partial charge in [-0.05, 0) is 73.6 Å². The fourth-order valence-corrected chi connectivity index (χ4v) is 6.46. The monoisotopic (exact) mass is 556 g/mol. The highest BCUT2D eigenvalue weighted by molar-refractivity contribution is 5.80. The molecule has 0 radical (unpaired) electrons. The van der Waals surface area contributed by atoms with E-state index < -0.39 is 5.97 Å². The first-order valence-corrected chi connectivity index (χ1v) is 13.9. The van der Waals surface area contributed by atoms with Gasteiger partial charge in [0.1, 0.15) is 17.4 Å². The molecule has 1 aliphatic carbocycles. The van der Waals surface area contributed by atoms with Crippen LogP contribution < -0.4 is 4.74 Å². The molecular formula is C32H36N4O5. The third-order valence-electron chi connectivity index (χ3n) is 8.30. The molecule has 0 fully saturated rings. The number of carboxylic acids is 1. The molecule has 0 saturated carbocycles. The number of hydrogen-bond donors (Lipinski definition) is 2. The van der Waals surface area contributed by atoms with E-state index in [2.05, 4.69) is 65.5 Å².